The van der Waals surface area contributed by atoms with Crippen LogP contribution in [-0.2, 0) is 17.9 Å². The average molecular weight is 489 g/mol. The zero-order chi connectivity index (χ0) is 20.5. The van der Waals surface area contributed by atoms with Crippen molar-refractivity contribution in [1.29, 1.82) is 0 Å². The van der Waals surface area contributed by atoms with Crippen LogP contribution in [0.4, 0.5) is 0 Å². The fourth-order valence-electron chi connectivity index (χ4n) is 2.51. The summed E-state index contributed by atoms with van der Waals surface area (Å²) in [5.41, 5.74) is 1.89. The first-order chi connectivity index (χ1) is 13.4. The molecule has 0 radical (unpaired) electrons. The molecule has 0 aliphatic carbocycles. The molecule has 2 rings (SSSR count). The number of carboxylic acid groups (broad SMARTS) is 1. The second-order valence-electron chi connectivity index (χ2n) is 6.06. The van der Waals surface area contributed by atoms with E-state index in [0.29, 0.717) is 36.1 Å². The average Bonchev–Trinajstić information content (AvgIpc) is 2.68. The Kier molecular flexibility index (Phi) is 9.44. The van der Waals surface area contributed by atoms with Gasteiger partial charge in [0, 0.05) is 16.0 Å². The van der Waals surface area contributed by atoms with Crippen molar-refractivity contribution in [2.24, 2.45) is 0 Å². The summed E-state index contributed by atoms with van der Waals surface area (Å²) in [4.78, 5) is 11.4. The lowest BCUT2D eigenvalue weighted by Gasteiger charge is -2.17. The molecular weight excluding hydrogens is 466 g/mol. The molecule has 5 nitrogen and oxygen atoms in total. The monoisotopic (exact) mass is 487 g/mol. The van der Waals surface area contributed by atoms with Gasteiger partial charge in [0.05, 0.1) is 7.11 Å². The standard InChI is InChI=1S/C20H23BrClNO4S/c1-26-18-9-14(11-23-17(20(24)25)7-8-28-2)16(21)10-19(18)27-12-13-3-5-15(22)6-4-13/h3-6,9-10,17,23H,7-8,11-12H2,1-2H3,(H,24,25). The van der Waals surface area contributed by atoms with Gasteiger partial charge in [-0.2, -0.15) is 11.8 Å². The van der Waals surface area contributed by atoms with Gasteiger partial charge >= 0.3 is 5.97 Å². The van der Waals surface area contributed by atoms with Crippen molar-refractivity contribution in [2.75, 3.05) is 19.1 Å². The van der Waals surface area contributed by atoms with Gasteiger partial charge in [-0.05, 0) is 53.8 Å². The number of rotatable bonds is 11. The van der Waals surface area contributed by atoms with Crippen molar-refractivity contribution in [3.63, 3.8) is 0 Å². The number of halogens is 2. The summed E-state index contributed by atoms with van der Waals surface area (Å²) in [7, 11) is 1.58. The lowest BCUT2D eigenvalue weighted by atomic mass is 10.1. The van der Waals surface area contributed by atoms with E-state index in [0.717, 1.165) is 21.4 Å². The number of thioether (sulfide) groups is 1. The number of aliphatic carboxylic acids is 1. The van der Waals surface area contributed by atoms with Crippen LogP contribution in [0.3, 0.4) is 0 Å². The number of hydrogen-bond donors (Lipinski definition) is 2. The Morgan fingerprint density at radius 3 is 2.61 bits per heavy atom. The van der Waals surface area contributed by atoms with Crippen LogP contribution in [-0.4, -0.2) is 36.2 Å². The molecule has 0 amide bonds. The van der Waals surface area contributed by atoms with Crippen LogP contribution in [0.25, 0.3) is 0 Å². The van der Waals surface area contributed by atoms with Crippen molar-refractivity contribution < 1.29 is 19.4 Å². The smallest absolute Gasteiger partial charge is 0.320 e. The maximum Gasteiger partial charge on any atom is 0.320 e. The summed E-state index contributed by atoms with van der Waals surface area (Å²) >= 11 is 11.1. The number of ether oxygens (including phenoxy) is 2. The molecule has 2 aromatic carbocycles. The molecule has 152 valence electrons. The quantitative estimate of drug-likeness (QED) is 0.465. The number of carboxylic acids is 1. The summed E-state index contributed by atoms with van der Waals surface area (Å²) in [5, 5.41) is 13.1. The van der Waals surface area contributed by atoms with Gasteiger partial charge in [-0.1, -0.05) is 39.7 Å². The molecular formula is C20H23BrClNO4S. The maximum atomic E-state index is 11.4. The van der Waals surface area contributed by atoms with Gasteiger partial charge in [0.15, 0.2) is 11.5 Å². The molecule has 8 heteroatoms. The fourth-order valence-corrected chi connectivity index (χ4v) is 3.57. The molecule has 2 aromatic rings. The largest absolute Gasteiger partial charge is 0.493 e. The van der Waals surface area contributed by atoms with E-state index in [4.69, 9.17) is 21.1 Å². The third-order valence-electron chi connectivity index (χ3n) is 4.09. The van der Waals surface area contributed by atoms with Gasteiger partial charge < -0.3 is 19.9 Å². The fraction of sp³-hybridized carbons (Fsp3) is 0.350. The minimum absolute atomic E-state index is 0.382. The Labute approximate surface area is 182 Å². The first-order valence-corrected chi connectivity index (χ1v) is 11.2. The van der Waals surface area contributed by atoms with Gasteiger partial charge in [0.25, 0.3) is 0 Å². The predicted octanol–water partition coefficient (Wildman–Crippen LogP) is 4.99. The third-order valence-corrected chi connectivity index (χ3v) is 5.72. The summed E-state index contributed by atoms with van der Waals surface area (Å²) in [6.07, 6.45) is 2.52. The lowest BCUT2D eigenvalue weighted by molar-refractivity contribution is -0.139. The van der Waals surface area contributed by atoms with E-state index in [1.54, 1.807) is 18.9 Å². The lowest BCUT2D eigenvalue weighted by Crippen LogP contribution is -2.36. The highest BCUT2D eigenvalue weighted by molar-refractivity contribution is 9.10. The Hall–Kier alpha value is -1.41. The zero-order valence-electron chi connectivity index (χ0n) is 15.7. The Morgan fingerprint density at radius 2 is 2.00 bits per heavy atom. The minimum Gasteiger partial charge on any atom is -0.493 e. The molecule has 0 aliphatic rings. The van der Waals surface area contributed by atoms with Crippen LogP contribution >= 0.6 is 39.3 Å². The molecule has 0 aliphatic heterocycles. The molecule has 1 unspecified atom stereocenters. The molecule has 0 saturated heterocycles. The Morgan fingerprint density at radius 1 is 1.29 bits per heavy atom. The predicted molar refractivity (Wildman–Crippen MR) is 118 cm³/mol. The second-order valence-corrected chi connectivity index (χ2v) is 8.34. The van der Waals surface area contributed by atoms with Crippen LogP contribution in [0.5, 0.6) is 11.5 Å². The molecule has 0 fully saturated rings. The SMILES string of the molecule is COc1cc(CNC(CCSC)C(=O)O)c(Br)cc1OCc1ccc(Cl)cc1. The van der Waals surface area contributed by atoms with Crippen molar-refractivity contribution in [2.45, 2.75) is 25.6 Å². The number of nitrogens with one attached hydrogen (secondary N) is 1. The first-order valence-electron chi connectivity index (χ1n) is 8.63. The first kappa shape index (κ1) is 22.9. The van der Waals surface area contributed by atoms with Gasteiger partial charge in [-0.3, -0.25) is 4.79 Å². The summed E-state index contributed by atoms with van der Waals surface area (Å²) < 4.78 is 12.2. The third kappa shape index (κ3) is 6.88. The van der Waals surface area contributed by atoms with E-state index in [-0.39, 0.29) is 0 Å². The molecule has 2 N–H and O–H groups in total. The highest BCUT2D eigenvalue weighted by Gasteiger charge is 2.18. The molecule has 0 aromatic heterocycles. The van der Waals surface area contributed by atoms with Crippen LogP contribution in [0, 0.1) is 0 Å². The highest BCUT2D eigenvalue weighted by atomic mass is 79.9. The molecule has 0 bridgehead atoms. The van der Waals surface area contributed by atoms with E-state index in [1.165, 1.54) is 0 Å². The normalized spacial score (nSPS) is 11.9. The Bertz CT molecular complexity index is 789. The van der Waals surface area contributed by atoms with Gasteiger partial charge in [-0.25, -0.2) is 0 Å². The maximum absolute atomic E-state index is 11.4. The van der Waals surface area contributed by atoms with Gasteiger partial charge in [-0.15, -0.1) is 0 Å². The number of hydrogen-bond acceptors (Lipinski definition) is 5. The number of benzene rings is 2. The van der Waals surface area contributed by atoms with E-state index in [1.807, 2.05) is 42.7 Å². The summed E-state index contributed by atoms with van der Waals surface area (Å²) in [6.45, 7) is 0.785. The van der Waals surface area contributed by atoms with Crippen molar-refractivity contribution in [3.05, 3.63) is 57.0 Å². The van der Waals surface area contributed by atoms with Crippen molar-refractivity contribution in [1.82, 2.24) is 5.32 Å². The van der Waals surface area contributed by atoms with E-state index in [9.17, 15) is 9.90 Å². The molecule has 1 atom stereocenters. The van der Waals surface area contributed by atoms with Gasteiger partial charge in [0.1, 0.15) is 12.6 Å². The number of methoxy groups -OCH3 is 1. The van der Waals surface area contributed by atoms with E-state index < -0.39 is 12.0 Å². The summed E-state index contributed by atoms with van der Waals surface area (Å²) in [6, 6.07) is 10.5. The van der Waals surface area contributed by atoms with Crippen LogP contribution < -0.4 is 14.8 Å². The second kappa shape index (κ2) is 11.6. The topological polar surface area (TPSA) is 67.8 Å². The molecule has 28 heavy (non-hydrogen) atoms. The molecule has 0 heterocycles. The van der Waals surface area contributed by atoms with Crippen LogP contribution in [0.2, 0.25) is 5.02 Å². The summed E-state index contributed by atoms with van der Waals surface area (Å²) in [5.74, 6) is 1.13. The Balaban J connectivity index is 2.06. The molecule has 0 saturated carbocycles. The van der Waals surface area contributed by atoms with Gasteiger partial charge in [0.2, 0.25) is 0 Å². The molecule has 0 spiro atoms. The highest BCUT2D eigenvalue weighted by Crippen LogP contribution is 2.34. The zero-order valence-corrected chi connectivity index (χ0v) is 18.9. The van der Waals surface area contributed by atoms with E-state index in [2.05, 4.69) is 21.2 Å². The van der Waals surface area contributed by atoms with Crippen LogP contribution in [0.1, 0.15) is 17.5 Å². The number of carbonyl (C=O) groups is 1. The minimum atomic E-state index is -0.847. The van der Waals surface area contributed by atoms with Crippen molar-refractivity contribution >= 4 is 45.3 Å². The van der Waals surface area contributed by atoms with E-state index >= 15 is 0 Å². The van der Waals surface area contributed by atoms with Crippen molar-refractivity contribution in [3.8, 4) is 11.5 Å². The van der Waals surface area contributed by atoms with Crippen LogP contribution in [0.15, 0.2) is 40.9 Å².